The first kappa shape index (κ1) is 8.66. The summed E-state index contributed by atoms with van der Waals surface area (Å²) in [5.41, 5.74) is 7.76. The van der Waals surface area contributed by atoms with Crippen molar-refractivity contribution in [1.82, 2.24) is 5.43 Å². The number of hydrazone groups is 1. The monoisotopic (exact) mass is 192 g/mol. The molecule has 0 rings (SSSR count). The van der Waals surface area contributed by atoms with Gasteiger partial charge in [0.2, 0.25) is 0 Å². The van der Waals surface area contributed by atoms with E-state index in [1.54, 1.807) is 6.21 Å². The van der Waals surface area contributed by atoms with Gasteiger partial charge in [0.15, 0.2) is 0 Å². The molecular formula is C5H10N3Se. The van der Waals surface area contributed by atoms with Crippen LogP contribution in [0.5, 0.6) is 0 Å². The summed E-state index contributed by atoms with van der Waals surface area (Å²) in [5.74, 6) is 0. The van der Waals surface area contributed by atoms with E-state index in [0.29, 0.717) is 4.67 Å². The molecule has 0 unspecified atom stereocenters. The molecule has 0 bridgehead atoms. The second-order valence-corrected chi connectivity index (χ2v) is 2.35. The van der Waals surface area contributed by atoms with E-state index in [9.17, 15) is 0 Å². The van der Waals surface area contributed by atoms with Crippen LogP contribution in [0.4, 0.5) is 0 Å². The first-order chi connectivity index (χ1) is 4.27. The van der Waals surface area contributed by atoms with Crippen LogP contribution in [-0.4, -0.2) is 26.5 Å². The van der Waals surface area contributed by atoms with E-state index in [-0.39, 0.29) is 0 Å². The number of rotatable bonds is 4. The van der Waals surface area contributed by atoms with Crippen LogP contribution in [0.25, 0.3) is 0 Å². The van der Waals surface area contributed by atoms with Gasteiger partial charge in [0.1, 0.15) is 0 Å². The molecule has 0 aromatic rings. The zero-order valence-corrected chi connectivity index (χ0v) is 6.84. The van der Waals surface area contributed by atoms with E-state index in [1.807, 2.05) is 0 Å². The third-order valence-electron chi connectivity index (χ3n) is 0.599. The predicted molar refractivity (Wildman–Crippen MR) is 41.2 cm³/mol. The molecule has 51 valence electrons. The molecule has 1 radical (unpaired) electrons. The fraction of sp³-hybridized carbons (Fsp3) is 0.400. The van der Waals surface area contributed by atoms with Gasteiger partial charge in [0.05, 0.1) is 0 Å². The van der Waals surface area contributed by atoms with Gasteiger partial charge in [-0.15, -0.1) is 0 Å². The molecule has 0 heterocycles. The maximum atomic E-state index is 5.20. The van der Waals surface area contributed by atoms with Gasteiger partial charge in [0.25, 0.3) is 0 Å². The molecule has 0 atom stereocenters. The number of hydrogen-bond donors (Lipinski definition) is 2. The Morgan fingerprint density at radius 2 is 2.56 bits per heavy atom. The second kappa shape index (κ2) is 5.79. The van der Waals surface area contributed by atoms with Gasteiger partial charge >= 0.3 is 62.5 Å². The quantitative estimate of drug-likeness (QED) is 0.354. The Kier molecular flexibility index (Phi) is 5.57. The summed E-state index contributed by atoms with van der Waals surface area (Å²) >= 11 is 2.57. The van der Waals surface area contributed by atoms with E-state index in [4.69, 9.17) is 5.73 Å². The van der Waals surface area contributed by atoms with Gasteiger partial charge in [0, 0.05) is 0 Å². The van der Waals surface area contributed by atoms with Crippen molar-refractivity contribution in [2.24, 2.45) is 10.8 Å². The van der Waals surface area contributed by atoms with Crippen LogP contribution in [-0.2, 0) is 0 Å². The van der Waals surface area contributed by atoms with Crippen LogP contribution < -0.4 is 11.2 Å². The molecule has 0 amide bonds. The molecule has 0 aromatic heterocycles. The van der Waals surface area contributed by atoms with Gasteiger partial charge in [-0.2, -0.15) is 0 Å². The molecule has 0 aliphatic heterocycles. The number of nitrogens with zero attached hydrogens (tertiary/aromatic N) is 1. The Morgan fingerprint density at radius 3 is 3.00 bits per heavy atom. The van der Waals surface area contributed by atoms with Crippen LogP contribution in [0.1, 0.15) is 12.8 Å². The zero-order chi connectivity index (χ0) is 7.11. The molecule has 0 aromatic carbocycles. The molecule has 0 aliphatic rings. The third kappa shape index (κ3) is 7.66. The minimum atomic E-state index is 0.482. The van der Waals surface area contributed by atoms with E-state index in [0.717, 1.165) is 12.8 Å². The van der Waals surface area contributed by atoms with Gasteiger partial charge < -0.3 is 0 Å². The Hall–Kier alpha value is -0.341. The van der Waals surface area contributed by atoms with Crippen molar-refractivity contribution in [2.45, 2.75) is 12.8 Å². The van der Waals surface area contributed by atoms with Crippen molar-refractivity contribution in [3.63, 3.8) is 0 Å². The van der Waals surface area contributed by atoms with Gasteiger partial charge in [-0.25, -0.2) is 0 Å². The normalized spacial score (nSPS) is 9.89. The molecule has 0 spiro atoms. The number of hydrogen-bond acceptors (Lipinski definition) is 3. The van der Waals surface area contributed by atoms with Crippen molar-refractivity contribution < 1.29 is 0 Å². The molecule has 3 N–H and O–H groups in total. The van der Waals surface area contributed by atoms with E-state index >= 15 is 0 Å². The first-order valence-electron chi connectivity index (χ1n) is 2.63. The number of unbranched alkanes of at least 4 members (excludes halogenated alkanes) is 1. The average Bonchev–Trinajstić information content (AvgIpc) is 1.80. The van der Waals surface area contributed by atoms with Gasteiger partial charge in [-0.3, -0.25) is 0 Å². The molecule has 9 heavy (non-hydrogen) atoms. The topological polar surface area (TPSA) is 50.4 Å². The van der Waals surface area contributed by atoms with Gasteiger partial charge in [-0.05, 0) is 0 Å². The standard InChI is InChI=1S/C5H10N3Se/c1-2-3-4-7-8-5(6)9/h4H,1-3H2,(H3,6,8,9). The van der Waals surface area contributed by atoms with Crippen molar-refractivity contribution in [2.75, 3.05) is 0 Å². The maximum absolute atomic E-state index is 5.20. The first-order valence-corrected chi connectivity index (χ1v) is 3.49. The summed E-state index contributed by atoms with van der Waals surface area (Å²) in [6, 6.07) is 0. The molecular weight excluding hydrogens is 181 g/mol. The third-order valence-corrected chi connectivity index (χ3v) is 0.791. The Balaban J connectivity index is 3.14. The van der Waals surface area contributed by atoms with Gasteiger partial charge in [-0.1, -0.05) is 0 Å². The summed E-state index contributed by atoms with van der Waals surface area (Å²) in [7, 11) is 0. The van der Waals surface area contributed by atoms with Crippen LogP contribution in [0, 0.1) is 6.92 Å². The van der Waals surface area contributed by atoms with Crippen molar-refractivity contribution in [1.29, 1.82) is 0 Å². The second-order valence-electron chi connectivity index (χ2n) is 1.43. The molecule has 0 fully saturated rings. The Morgan fingerprint density at radius 1 is 1.89 bits per heavy atom. The molecule has 0 aliphatic carbocycles. The van der Waals surface area contributed by atoms with E-state index in [2.05, 4.69) is 33.0 Å². The number of nitrogens with two attached hydrogens (primary N) is 1. The summed E-state index contributed by atoms with van der Waals surface area (Å²) in [4.78, 5) is 0. The van der Waals surface area contributed by atoms with E-state index < -0.39 is 0 Å². The predicted octanol–water partition coefficient (Wildman–Crippen LogP) is -0.609. The Labute approximate surface area is 63.1 Å². The number of nitrogens with one attached hydrogen (secondary N) is 1. The Bertz CT molecular complexity index is 111. The zero-order valence-electron chi connectivity index (χ0n) is 5.13. The van der Waals surface area contributed by atoms with Crippen molar-refractivity contribution in [3.8, 4) is 0 Å². The summed E-state index contributed by atoms with van der Waals surface area (Å²) < 4.78 is 0.482. The van der Waals surface area contributed by atoms with Crippen LogP contribution in [0.15, 0.2) is 5.10 Å². The van der Waals surface area contributed by atoms with Crippen molar-refractivity contribution >= 4 is 26.5 Å². The van der Waals surface area contributed by atoms with Crippen LogP contribution in [0.2, 0.25) is 0 Å². The molecule has 0 saturated carbocycles. The molecule has 4 heteroatoms. The summed E-state index contributed by atoms with van der Waals surface area (Å²) in [6.07, 6.45) is 3.47. The summed E-state index contributed by atoms with van der Waals surface area (Å²) in [6.45, 7) is 3.64. The van der Waals surface area contributed by atoms with E-state index in [1.165, 1.54) is 0 Å². The summed E-state index contributed by atoms with van der Waals surface area (Å²) in [5, 5.41) is 3.75. The van der Waals surface area contributed by atoms with Crippen molar-refractivity contribution in [3.05, 3.63) is 6.92 Å². The minimum absolute atomic E-state index is 0.482. The fourth-order valence-corrected chi connectivity index (χ4v) is 0.376. The average molecular weight is 191 g/mol. The molecule has 3 nitrogen and oxygen atoms in total. The fourth-order valence-electron chi connectivity index (χ4n) is 0.265. The molecule has 0 saturated heterocycles. The SMILES string of the molecule is [CH2]CCC=NNC(N)=[Se]. The van der Waals surface area contributed by atoms with Crippen LogP contribution >= 0.6 is 0 Å². The van der Waals surface area contributed by atoms with Crippen LogP contribution in [0.3, 0.4) is 0 Å².